The Balaban J connectivity index is 1.33. The zero-order valence-electron chi connectivity index (χ0n) is 25.6. The smallest absolute Gasteiger partial charge is 0.160 e. The Hall–Kier alpha value is -5.87. The van der Waals surface area contributed by atoms with Crippen molar-refractivity contribution in [3.63, 3.8) is 0 Å². The van der Waals surface area contributed by atoms with Crippen LogP contribution in [0.15, 0.2) is 146 Å². The average molecular weight is 591 g/mol. The Morgan fingerprint density at radius 3 is 1.89 bits per heavy atom. The first-order valence-electron chi connectivity index (χ1n) is 15.7. The molecule has 4 nitrogen and oxygen atoms in total. The van der Waals surface area contributed by atoms with E-state index in [2.05, 4.69) is 140 Å². The van der Waals surface area contributed by atoms with Crippen LogP contribution >= 0.6 is 0 Å². The van der Waals surface area contributed by atoms with Crippen molar-refractivity contribution in [1.29, 1.82) is 0 Å². The van der Waals surface area contributed by atoms with Crippen molar-refractivity contribution in [2.24, 2.45) is 0 Å². The summed E-state index contributed by atoms with van der Waals surface area (Å²) in [6.45, 7) is 4.54. The molecule has 0 N–H and O–H groups in total. The summed E-state index contributed by atoms with van der Waals surface area (Å²) in [4.78, 5) is 16.0. The molecule has 46 heavy (non-hydrogen) atoms. The van der Waals surface area contributed by atoms with Gasteiger partial charge in [0.05, 0.1) is 33.8 Å². The minimum absolute atomic E-state index is 0.332. The van der Waals surface area contributed by atoms with Crippen LogP contribution in [0.4, 0.5) is 0 Å². The first-order valence-corrected chi connectivity index (χ1v) is 15.7. The quantitative estimate of drug-likeness (QED) is 0.205. The molecule has 0 radical (unpaired) electrons. The molecule has 0 saturated heterocycles. The molecule has 0 spiro atoms. The number of hydrogen-bond acceptors (Lipinski definition) is 3. The van der Waals surface area contributed by atoms with Crippen molar-refractivity contribution >= 4 is 21.8 Å². The number of aromatic nitrogens is 4. The molecule has 0 atom stereocenters. The van der Waals surface area contributed by atoms with E-state index in [9.17, 15) is 0 Å². The van der Waals surface area contributed by atoms with Crippen LogP contribution in [-0.2, 0) is 5.41 Å². The average Bonchev–Trinajstić information content (AvgIpc) is 3.57. The van der Waals surface area contributed by atoms with Gasteiger partial charge in [-0.15, -0.1) is 0 Å². The predicted molar refractivity (Wildman–Crippen MR) is 188 cm³/mol. The highest BCUT2D eigenvalue weighted by Gasteiger charge is 2.41. The maximum Gasteiger partial charge on any atom is 0.160 e. The molecule has 0 bridgehead atoms. The first kappa shape index (κ1) is 26.5. The molecule has 9 rings (SSSR count). The van der Waals surface area contributed by atoms with Gasteiger partial charge in [-0.1, -0.05) is 135 Å². The zero-order valence-corrected chi connectivity index (χ0v) is 25.6. The zero-order chi connectivity index (χ0) is 30.8. The molecule has 8 aromatic rings. The van der Waals surface area contributed by atoms with Gasteiger partial charge in [-0.2, -0.15) is 0 Å². The van der Waals surface area contributed by atoms with Gasteiger partial charge in [0.25, 0.3) is 0 Å². The molecule has 0 unspecified atom stereocenters. The van der Waals surface area contributed by atoms with E-state index >= 15 is 0 Å². The largest absolute Gasteiger partial charge is 0.309 e. The number of nitrogens with zero attached hydrogens (tertiary/aromatic N) is 4. The van der Waals surface area contributed by atoms with Crippen molar-refractivity contribution in [3.8, 4) is 51.0 Å². The monoisotopic (exact) mass is 590 g/mol. The Morgan fingerprint density at radius 1 is 0.500 bits per heavy atom. The van der Waals surface area contributed by atoms with E-state index in [1.54, 1.807) is 0 Å². The molecule has 3 aromatic heterocycles. The Bertz CT molecular complexity index is 2420. The lowest BCUT2D eigenvalue weighted by molar-refractivity contribution is 0.656. The molecule has 5 aromatic carbocycles. The molecule has 0 saturated carbocycles. The number of pyridine rings is 1. The highest BCUT2D eigenvalue weighted by molar-refractivity contribution is 6.13. The van der Waals surface area contributed by atoms with E-state index in [1.165, 1.54) is 21.9 Å². The minimum atomic E-state index is -0.332. The summed E-state index contributed by atoms with van der Waals surface area (Å²) >= 11 is 0. The second kappa shape index (κ2) is 10.1. The maximum absolute atomic E-state index is 5.48. The Morgan fingerprint density at radius 2 is 1.13 bits per heavy atom. The van der Waals surface area contributed by atoms with Crippen LogP contribution in [0.25, 0.3) is 72.8 Å². The van der Waals surface area contributed by atoms with E-state index in [-0.39, 0.29) is 5.41 Å². The van der Waals surface area contributed by atoms with Crippen LogP contribution in [0, 0.1) is 0 Å². The van der Waals surface area contributed by atoms with Crippen molar-refractivity contribution in [1.82, 2.24) is 19.5 Å². The lowest BCUT2D eigenvalue weighted by Gasteiger charge is -2.23. The van der Waals surface area contributed by atoms with Crippen LogP contribution in [0.1, 0.15) is 25.0 Å². The number of fused-ring (bicyclic) bond motifs is 6. The topological polar surface area (TPSA) is 43.6 Å². The predicted octanol–water partition coefficient (Wildman–Crippen LogP) is 10.3. The van der Waals surface area contributed by atoms with Gasteiger partial charge in [0.2, 0.25) is 0 Å². The molecule has 1 aliphatic carbocycles. The van der Waals surface area contributed by atoms with Crippen molar-refractivity contribution < 1.29 is 0 Å². The SMILES string of the molecule is CC1(C)c2ccc(-c3cccc4c5ccccc5n(-c5ccccc5)c34)nc2-c2nc(-c3ccccc3)nc(-c3ccccc3)c21. The molecule has 4 heteroatoms. The van der Waals surface area contributed by atoms with Gasteiger partial charge in [-0.3, -0.25) is 0 Å². The van der Waals surface area contributed by atoms with Gasteiger partial charge >= 0.3 is 0 Å². The number of para-hydroxylation sites is 3. The standard InChI is InChI=1S/C42H30N4/c1-42(2)33-25-26-34(32-23-14-22-31-30-21-12-13-24-35(30)46(40(31)32)29-19-10-5-11-20-29)43-38(33)39-36(42)37(27-15-6-3-7-16-27)44-41(45-39)28-17-8-4-9-18-28/h3-26H,1-2H3. The molecule has 3 heterocycles. The lowest BCUT2D eigenvalue weighted by Crippen LogP contribution is -2.17. The second-order valence-electron chi connectivity index (χ2n) is 12.5. The summed E-state index contributed by atoms with van der Waals surface area (Å²) in [5.41, 5.74) is 12.3. The Kier molecular flexibility index (Phi) is 5.81. The van der Waals surface area contributed by atoms with Gasteiger partial charge < -0.3 is 4.57 Å². The van der Waals surface area contributed by atoms with Gasteiger partial charge in [-0.25, -0.2) is 15.0 Å². The number of rotatable bonds is 4. The molecule has 0 aliphatic heterocycles. The number of benzene rings is 5. The summed E-state index contributed by atoms with van der Waals surface area (Å²) in [5.74, 6) is 0.709. The maximum atomic E-state index is 5.48. The summed E-state index contributed by atoms with van der Waals surface area (Å²) in [5, 5.41) is 2.43. The van der Waals surface area contributed by atoms with E-state index in [0.717, 1.165) is 56.2 Å². The molecule has 0 fully saturated rings. The fourth-order valence-electron chi connectivity index (χ4n) is 7.24. The molecule has 218 valence electrons. The van der Waals surface area contributed by atoms with Crippen LogP contribution in [-0.4, -0.2) is 19.5 Å². The van der Waals surface area contributed by atoms with E-state index in [4.69, 9.17) is 15.0 Å². The van der Waals surface area contributed by atoms with Crippen molar-refractivity contribution in [2.45, 2.75) is 19.3 Å². The van der Waals surface area contributed by atoms with Crippen LogP contribution in [0.2, 0.25) is 0 Å². The molecular formula is C42H30N4. The summed E-state index contributed by atoms with van der Waals surface area (Å²) in [7, 11) is 0. The molecule has 0 amide bonds. The van der Waals surface area contributed by atoms with Gasteiger partial charge in [-0.05, 0) is 29.8 Å². The fraction of sp³-hybridized carbons (Fsp3) is 0.0714. The van der Waals surface area contributed by atoms with Crippen molar-refractivity contribution in [3.05, 3.63) is 157 Å². The summed E-state index contributed by atoms with van der Waals surface area (Å²) < 4.78 is 2.37. The second-order valence-corrected chi connectivity index (χ2v) is 12.5. The highest BCUT2D eigenvalue weighted by Crippen LogP contribution is 2.51. The van der Waals surface area contributed by atoms with E-state index in [1.807, 2.05) is 24.3 Å². The van der Waals surface area contributed by atoms with Crippen LogP contribution in [0.5, 0.6) is 0 Å². The lowest BCUT2D eigenvalue weighted by atomic mass is 9.81. The third-order valence-electron chi connectivity index (χ3n) is 9.39. The normalized spacial score (nSPS) is 13.2. The first-order chi connectivity index (χ1) is 22.6. The minimum Gasteiger partial charge on any atom is -0.309 e. The van der Waals surface area contributed by atoms with Gasteiger partial charge in [0.15, 0.2) is 5.82 Å². The third-order valence-corrected chi connectivity index (χ3v) is 9.39. The Labute approximate surface area is 267 Å². The van der Waals surface area contributed by atoms with Crippen LogP contribution in [0.3, 0.4) is 0 Å². The van der Waals surface area contributed by atoms with Gasteiger partial charge in [0.1, 0.15) is 0 Å². The highest BCUT2D eigenvalue weighted by atomic mass is 15.0. The molecular weight excluding hydrogens is 560 g/mol. The van der Waals surface area contributed by atoms with Crippen molar-refractivity contribution in [2.75, 3.05) is 0 Å². The molecule has 1 aliphatic rings. The summed E-state index contributed by atoms with van der Waals surface area (Å²) in [6.07, 6.45) is 0. The van der Waals surface area contributed by atoms with E-state index in [0.29, 0.717) is 5.82 Å². The van der Waals surface area contributed by atoms with E-state index < -0.39 is 0 Å². The number of hydrogen-bond donors (Lipinski definition) is 0. The van der Waals surface area contributed by atoms with Gasteiger partial charge in [0, 0.05) is 44.1 Å². The third kappa shape index (κ3) is 3.90. The fourth-order valence-corrected chi connectivity index (χ4v) is 7.24. The van der Waals surface area contributed by atoms with Crippen LogP contribution < -0.4 is 0 Å². The summed E-state index contributed by atoms with van der Waals surface area (Å²) in [6, 6.07) is 51.0.